The Labute approximate surface area is 127 Å². The van der Waals surface area contributed by atoms with Crippen LogP contribution in [-0.2, 0) is 6.54 Å². The number of nitrogens with zero attached hydrogens (tertiary/aromatic N) is 3. The van der Waals surface area contributed by atoms with Crippen molar-refractivity contribution in [3.05, 3.63) is 18.0 Å². The van der Waals surface area contributed by atoms with Gasteiger partial charge in [0, 0.05) is 44.1 Å². The van der Waals surface area contributed by atoms with E-state index >= 15 is 0 Å². The van der Waals surface area contributed by atoms with Gasteiger partial charge in [0.15, 0.2) is 0 Å². The minimum atomic E-state index is 0.910. The minimum Gasteiger partial charge on any atom is -0.303 e. The third kappa shape index (κ3) is 3.02. The molecule has 4 rings (SSSR count). The van der Waals surface area contributed by atoms with Gasteiger partial charge in [-0.25, -0.2) is 0 Å². The molecule has 0 radical (unpaired) electrons. The van der Waals surface area contributed by atoms with Crippen LogP contribution < -0.4 is 0 Å². The molecule has 1 aromatic heterocycles. The van der Waals surface area contributed by atoms with E-state index in [1.54, 1.807) is 0 Å². The molecule has 116 valence electrons. The van der Waals surface area contributed by atoms with Crippen LogP contribution in [0, 0.1) is 17.8 Å². The lowest BCUT2D eigenvalue weighted by atomic mass is 9.73. The molecule has 2 saturated carbocycles. The van der Waals surface area contributed by atoms with E-state index in [4.69, 9.17) is 0 Å². The van der Waals surface area contributed by atoms with Gasteiger partial charge in [-0.05, 0) is 56.6 Å². The molecule has 0 bridgehead atoms. The van der Waals surface area contributed by atoms with Gasteiger partial charge in [0.05, 0.1) is 0 Å². The number of aromatic nitrogens is 2. The fourth-order valence-corrected chi connectivity index (χ4v) is 4.69. The Hall–Kier alpha value is -0.870. The average Bonchev–Trinajstić information content (AvgIpc) is 3.06. The van der Waals surface area contributed by atoms with Gasteiger partial charge in [0.2, 0.25) is 0 Å². The first kappa shape index (κ1) is 13.8. The Balaban J connectivity index is 1.37. The lowest BCUT2D eigenvalue weighted by molar-refractivity contribution is 0.143. The van der Waals surface area contributed by atoms with Crippen molar-refractivity contribution < 1.29 is 0 Å². The summed E-state index contributed by atoms with van der Waals surface area (Å²) in [4.78, 5) is 5.29. The molecule has 3 aliphatic rings. The average molecular weight is 288 g/mol. The molecule has 1 saturated heterocycles. The van der Waals surface area contributed by atoms with Crippen molar-refractivity contribution in [2.24, 2.45) is 17.8 Å². The van der Waals surface area contributed by atoms with Crippen molar-refractivity contribution in [2.45, 2.75) is 44.7 Å². The van der Waals surface area contributed by atoms with Crippen LogP contribution in [0.4, 0.5) is 0 Å². The largest absolute Gasteiger partial charge is 0.303 e. The Morgan fingerprint density at radius 2 is 2.19 bits per heavy atom. The molecule has 4 heteroatoms. The zero-order valence-electron chi connectivity index (χ0n) is 13.2. The summed E-state index contributed by atoms with van der Waals surface area (Å²) in [6, 6.07) is 3.02. The smallest absolute Gasteiger partial charge is 0.0492 e. The fraction of sp³-hybridized carbons (Fsp3) is 0.824. The van der Waals surface area contributed by atoms with Crippen LogP contribution in [0.15, 0.2) is 12.3 Å². The van der Waals surface area contributed by atoms with Crippen molar-refractivity contribution in [3.8, 4) is 0 Å². The van der Waals surface area contributed by atoms with Crippen LogP contribution in [-0.4, -0.2) is 52.7 Å². The van der Waals surface area contributed by atoms with Crippen molar-refractivity contribution in [2.75, 3.05) is 26.7 Å². The maximum absolute atomic E-state index is 4.08. The summed E-state index contributed by atoms with van der Waals surface area (Å²) >= 11 is 0. The Morgan fingerprint density at radius 1 is 1.29 bits per heavy atom. The highest BCUT2D eigenvalue weighted by Gasteiger charge is 2.41. The molecule has 0 spiro atoms. The Kier molecular flexibility index (Phi) is 3.76. The minimum absolute atomic E-state index is 0.910. The van der Waals surface area contributed by atoms with E-state index in [1.165, 1.54) is 57.4 Å². The van der Waals surface area contributed by atoms with E-state index in [-0.39, 0.29) is 0 Å². The van der Waals surface area contributed by atoms with Crippen LogP contribution in [0.3, 0.4) is 0 Å². The molecule has 3 atom stereocenters. The van der Waals surface area contributed by atoms with Crippen LogP contribution in [0.25, 0.3) is 0 Å². The first-order valence-corrected chi connectivity index (χ1v) is 8.70. The third-order valence-corrected chi connectivity index (χ3v) is 5.97. The first-order valence-electron chi connectivity index (χ1n) is 8.70. The summed E-state index contributed by atoms with van der Waals surface area (Å²) in [5.41, 5.74) is 1.26. The van der Waals surface area contributed by atoms with Gasteiger partial charge < -0.3 is 4.90 Å². The summed E-state index contributed by atoms with van der Waals surface area (Å²) in [5.74, 6) is 2.81. The highest BCUT2D eigenvalue weighted by Crippen LogP contribution is 2.41. The van der Waals surface area contributed by atoms with Crippen LogP contribution in [0.2, 0.25) is 0 Å². The second-order valence-electron chi connectivity index (χ2n) is 7.56. The van der Waals surface area contributed by atoms with Crippen molar-refractivity contribution in [1.29, 1.82) is 0 Å². The molecule has 2 heterocycles. The summed E-state index contributed by atoms with van der Waals surface area (Å²) in [7, 11) is 2.35. The van der Waals surface area contributed by atoms with Crippen molar-refractivity contribution in [1.82, 2.24) is 20.0 Å². The van der Waals surface area contributed by atoms with Gasteiger partial charge in [-0.15, -0.1) is 0 Å². The van der Waals surface area contributed by atoms with Gasteiger partial charge in [-0.3, -0.25) is 10.00 Å². The van der Waals surface area contributed by atoms with E-state index < -0.39 is 0 Å². The highest BCUT2D eigenvalue weighted by molar-refractivity contribution is 5.00. The molecular formula is C17H28N4. The predicted octanol–water partition coefficient (Wildman–Crippen LogP) is 2.35. The SMILES string of the molecule is CN(C[C@@H]1CCC[C@@H]2CN(Cc3ccn[nH]3)C[C@@H]21)C1CC1. The number of likely N-dealkylation sites (tertiary alicyclic amines) is 1. The number of aromatic amines is 1. The molecule has 4 nitrogen and oxygen atoms in total. The fourth-order valence-electron chi connectivity index (χ4n) is 4.69. The topological polar surface area (TPSA) is 35.2 Å². The maximum Gasteiger partial charge on any atom is 0.0492 e. The van der Waals surface area contributed by atoms with E-state index in [0.717, 1.165) is 30.3 Å². The molecule has 0 aromatic carbocycles. The number of rotatable bonds is 5. The number of H-pyrrole nitrogens is 1. The summed E-state index contributed by atoms with van der Waals surface area (Å²) in [6.07, 6.45) is 9.09. The van der Waals surface area contributed by atoms with Gasteiger partial charge in [-0.2, -0.15) is 5.10 Å². The lowest BCUT2D eigenvalue weighted by Crippen LogP contribution is -2.36. The molecule has 0 unspecified atom stereocenters. The predicted molar refractivity (Wildman–Crippen MR) is 83.8 cm³/mol. The summed E-state index contributed by atoms with van der Waals surface area (Å²) in [5, 5.41) is 7.19. The molecule has 3 fully saturated rings. The second kappa shape index (κ2) is 5.73. The number of hydrogen-bond acceptors (Lipinski definition) is 3. The van der Waals surface area contributed by atoms with Crippen molar-refractivity contribution in [3.63, 3.8) is 0 Å². The molecule has 21 heavy (non-hydrogen) atoms. The van der Waals surface area contributed by atoms with Crippen LogP contribution in [0.5, 0.6) is 0 Å². The van der Waals surface area contributed by atoms with Crippen LogP contribution in [0.1, 0.15) is 37.8 Å². The third-order valence-electron chi connectivity index (χ3n) is 5.97. The monoisotopic (exact) mass is 288 g/mol. The van der Waals surface area contributed by atoms with E-state index in [9.17, 15) is 0 Å². The maximum atomic E-state index is 4.08. The van der Waals surface area contributed by atoms with Gasteiger partial charge >= 0.3 is 0 Å². The van der Waals surface area contributed by atoms with E-state index in [2.05, 4.69) is 33.1 Å². The summed E-state index contributed by atoms with van der Waals surface area (Å²) < 4.78 is 0. The van der Waals surface area contributed by atoms with Gasteiger partial charge in [0.25, 0.3) is 0 Å². The van der Waals surface area contributed by atoms with E-state index in [1.807, 2.05) is 6.20 Å². The standard InChI is InChI=1S/C17H28N4/c1-20(16-5-6-16)9-13-3-2-4-14-10-21(12-17(13)14)11-15-7-8-18-19-15/h7-8,13-14,16-17H,2-6,9-12H2,1H3,(H,18,19)/t13-,14+,17+/m0/s1. The lowest BCUT2D eigenvalue weighted by Gasteiger charge is -2.35. The number of nitrogens with one attached hydrogen (secondary N) is 1. The van der Waals surface area contributed by atoms with Gasteiger partial charge in [0.1, 0.15) is 0 Å². The van der Waals surface area contributed by atoms with E-state index in [0.29, 0.717) is 0 Å². The van der Waals surface area contributed by atoms with Crippen LogP contribution >= 0.6 is 0 Å². The number of hydrogen-bond donors (Lipinski definition) is 1. The molecule has 1 N–H and O–H groups in total. The summed E-state index contributed by atoms with van der Waals surface area (Å²) in [6.45, 7) is 4.99. The van der Waals surface area contributed by atoms with Crippen molar-refractivity contribution >= 4 is 0 Å². The Morgan fingerprint density at radius 3 is 2.95 bits per heavy atom. The quantitative estimate of drug-likeness (QED) is 0.903. The molecule has 1 aromatic rings. The second-order valence-corrected chi connectivity index (χ2v) is 7.56. The zero-order chi connectivity index (χ0) is 14.2. The zero-order valence-corrected chi connectivity index (χ0v) is 13.2. The molecule has 2 aliphatic carbocycles. The first-order chi connectivity index (χ1) is 10.3. The highest BCUT2D eigenvalue weighted by atomic mass is 15.2. The van der Waals surface area contributed by atoms with Gasteiger partial charge in [-0.1, -0.05) is 6.42 Å². The molecule has 0 amide bonds. The molecule has 1 aliphatic heterocycles. The number of fused-ring (bicyclic) bond motifs is 1. The normalized spacial score (nSPS) is 33.5. The molecular weight excluding hydrogens is 260 g/mol. The Bertz CT molecular complexity index is 453.